The molecule has 3 rings (SSSR count). The second-order valence-electron chi connectivity index (χ2n) is 4.51. The molecule has 0 aliphatic carbocycles. The lowest BCUT2D eigenvalue weighted by Gasteiger charge is -2.05. The lowest BCUT2D eigenvalue weighted by Crippen LogP contribution is -2.03. The molecule has 0 unspecified atom stereocenters. The van der Waals surface area contributed by atoms with Gasteiger partial charge in [0.25, 0.3) is 0 Å². The molecule has 2 aromatic carbocycles. The molecule has 1 N–H and O–H groups in total. The summed E-state index contributed by atoms with van der Waals surface area (Å²) < 4.78 is 26.0. The zero-order valence-electron chi connectivity index (χ0n) is 10.0. The fourth-order valence-corrected chi connectivity index (χ4v) is 2.25. The summed E-state index contributed by atoms with van der Waals surface area (Å²) in [6.45, 7) is 0.859. The molecule has 1 aliphatic heterocycles. The third-order valence-corrected chi connectivity index (χ3v) is 3.26. The molecule has 19 heavy (non-hydrogen) atoms. The molecule has 0 fully saturated rings. The van der Waals surface area contributed by atoms with Gasteiger partial charge < -0.3 is 5.32 Å². The van der Waals surface area contributed by atoms with Crippen LogP contribution in [0.1, 0.15) is 21.5 Å². The predicted molar refractivity (Wildman–Crippen MR) is 68.4 cm³/mol. The van der Waals surface area contributed by atoms with Gasteiger partial charge >= 0.3 is 0 Å². The highest BCUT2D eigenvalue weighted by Gasteiger charge is 2.16. The maximum absolute atomic E-state index is 13.1. The number of carbonyl (C=O) groups excluding carboxylic acids is 1. The van der Waals surface area contributed by atoms with Crippen molar-refractivity contribution in [2.45, 2.75) is 6.42 Å². The van der Waals surface area contributed by atoms with Crippen LogP contribution < -0.4 is 5.32 Å². The summed E-state index contributed by atoms with van der Waals surface area (Å²) in [6, 6.07) is 8.54. The molecule has 0 saturated heterocycles. The zero-order chi connectivity index (χ0) is 13.4. The first kappa shape index (κ1) is 11.8. The number of carbonyl (C=O) groups is 1. The standard InChI is InChI=1S/C15H11F2NO/c16-12-3-1-11(8-13(12)17)15(19)10-2-4-14-9(7-10)5-6-18-14/h1-4,7-8,18H,5-6H2. The zero-order valence-corrected chi connectivity index (χ0v) is 10.0. The Morgan fingerprint density at radius 1 is 1.00 bits per heavy atom. The van der Waals surface area contributed by atoms with Crippen molar-refractivity contribution >= 4 is 11.5 Å². The number of rotatable bonds is 2. The SMILES string of the molecule is O=C(c1ccc(F)c(F)c1)c1ccc2c(c1)CCN2. The molecule has 0 saturated carbocycles. The summed E-state index contributed by atoms with van der Waals surface area (Å²) >= 11 is 0. The fourth-order valence-electron chi connectivity index (χ4n) is 2.25. The topological polar surface area (TPSA) is 29.1 Å². The molecule has 0 aromatic heterocycles. The molecule has 2 aromatic rings. The number of halogens is 2. The van der Waals surface area contributed by atoms with E-state index in [1.807, 2.05) is 6.07 Å². The van der Waals surface area contributed by atoms with E-state index in [-0.39, 0.29) is 11.3 Å². The van der Waals surface area contributed by atoms with Crippen LogP contribution in [0.2, 0.25) is 0 Å². The van der Waals surface area contributed by atoms with Crippen molar-refractivity contribution in [3.63, 3.8) is 0 Å². The van der Waals surface area contributed by atoms with Crippen molar-refractivity contribution in [1.82, 2.24) is 0 Å². The van der Waals surface area contributed by atoms with Crippen LogP contribution in [-0.2, 0) is 6.42 Å². The van der Waals surface area contributed by atoms with Crippen molar-refractivity contribution in [3.8, 4) is 0 Å². The van der Waals surface area contributed by atoms with E-state index in [1.54, 1.807) is 12.1 Å². The van der Waals surface area contributed by atoms with E-state index in [0.29, 0.717) is 5.56 Å². The molecule has 0 radical (unpaired) electrons. The van der Waals surface area contributed by atoms with E-state index in [1.165, 1.54) is 6.07 Å². The van der Waals surface area contributed by atoms with Crippen LogP contribution in [0.15, 0.2) is 36.4 Å². The van der Waals surface area contributed by atoms with Crippen molar-refractivity contribution in [3.05, 3.63) is 64.7 Å². The first-order valence-corrected chi connectivity index (χ1v) is 6.02. The lowest BCUT2D eigenvalue weighted by atomic mass is 10.00. The van der Waals surface area contributed by atoms with Gasteiger partial charge in [0.05, 0.1) is 0 Å². The Labute approximate surface area is 109 Å². The molecular weight excluding hydrogens is 248 g/mol. The predicted octanol–water partition coefficient (Wildman–Crippen LogP) is 3.16. The Balaban J connectivity index is 1.97. The highest BCUT2D eigenvalue weighted by molar-refractivity contribution is 6.09. The first-order chi connectivity index (χ1) is 9.15. The molecule has 0 bridgehead atoms. The average molecular weight is 259 g/mol. The highest BCUT2D eigenvalue weighted by atomic mass is 19.2. The minimum Gasteiger partial charge on any atom is -0.384 e. The van der Waals surface area contributed by atoms with Crippen LogP contribution in [0.4, 0.5) is 14.5 Å². The summed E-state index contributed by atoms with van der Waals surface area (Å²) in [7, 11) is 0. The molecule has 0 atom stereocenters. The van der Waals surface area contributed by atoms with Gasteiger partial charge in [-0.15, -0.1) is 0 Å². The summed E-state index contributed by atoms with van der Waals surface area (Å²) in [5.41, 5.74) is 2.76. The van der Waals surface area contributed by atoms with Crippen molar-refractivity contribution < 1.29 is 13.6 Å². The maximum Gasteiger partial charge on any atom is 0.193 e. The molecule has 1 aliphatic rings. The van der Waals surface area contributed by atoms with Crippen LogP contribution in [0.25, 0.3) is 0 Å². The summed E-state index contributed by atoms with van der Waals surface area (Å²) in [5.74, 6) is -2.25. The van der Waals surface area contributed by atoms with Gasteiger partial charge in [0.2, 0.25) is 0 Å². The molecule has 1 heterocycles. The number of hydrogen-bond acceptors (Lipinski definition) is 2. The molecule has 0 amide bonds. The van der Waals surface area contributed by atoms with Crippen LogP contribution >= 0.6 is 0 Å². The normalized spacial score (nSPS) is 12.9. The van der Waals surface area contributed by atoms with Gasteiger partial charge in [0.1, 0.15) is 0 Å². The van der Waals surface area contributed by atoms with Gasteiger partial charge in [0, 0.05) is 23.4 Å². The Morgan fingerprint density at radius 3 is 2.53 bits per heavy atom. The summed E-state index contributed by atoms with van der Waals surface area (Å²) in [4.78, 5) is 12.2. The van der Waals surface area contributed by atoms with Crippen molar-refractivity contribution in [2.24, 2.45) is 0 Å². The summed E-state index contributed by atoms with van der Waals surface area (Å²) in [5, 5.41) is 3.20. The van der Waals surface area contributed by atoms with Crippen LogP contribution in [0.5, 0.6) is 0 Å². The lowest BCUT2D eigenvalue weighted by molar-refractivity contribution is 0.103. The first-order valence-electron chi connectivity index (χ1n) is 6.02. The van der Waals surface area contributed by atoms with E-state index in [9.17, 15) is 13.6 Å². The highest BCUT2D eigenvalue weighted by Crippen LogP contribution is 2.24. The quantitative estimate of drug-likeness (QED) is 0.839. The van der Waals surface area contributed by atoms with Crippen LogP contribution in [0, 0.1) is 11.6 Å². The second-order valence-corrected chi connectivity index (χ2v) is 4.51. The van der Waals surface area contributed by atoms with E-state index >= 15 is 0 Å². The Hall–Kier alpha value is -2.23. The van der Waals surface area contributed by atoms with Crippen LogP contribution in [0.3, 0.4) is 0 Å². The van der Waals surface area contributed by atoms with Gasteiger partial charge in [-0.1, -0.05) is 0 Å². The largest absolute Gasteiger partial charge is 0.384 e. The fraction of sp³-hybridized carbons (Fsp3) is 0.133. The van der Waals surface area contributed by atoms with Gasteiger partial charge in [-0.05, 0) is 48.4 Å². The monoisotopic (exact) mass is 259 g/mol. The molecule has 96 valence electrons. The third kappa shape index (κ3) is 2.10. The van der Waals surface area contributed by atoms with Gasteiger partial charge in [-0.25, -0.2) is 8.78 Å². The Morgan fingerprint density at radius 2 is 1.74 bits per heavy atom. The number of nitrogens with one attached hydrogen (secondary N) is 1. The Kier molecular flexibility index (Phi) is 2.78. The minimum absolute atomic E-state index is 0.157. The molecule has 0 spiro atoms. The third-order valence-electron chi connectivity index (χ3n) is 3.26. The smallest absolute Gasteiger partial charge is 0.193 e. The minimum atomic E-state index is -1.01. The number of benzene rings is 2. The Bertz CT molecular complexity index is 667. The maximum atomic E-state index is 13.1. The van der Waals surface area contributed by atoms with Gasteiger partial charge in [-0.2, -0.15) is 0 Å². The number of anilines is 1. The van der Waals surface area contributed by atoms with Crippen molar-refractivity contribution in [2.75, 3.05) is 11.9 Å². The molecule has 4 heteroatoms. The van der Waals surface area contributed by atoms with Crippen LogP contribution in [-0.4, -0.2) is 12.3 Å². The van der Waals surface area contributed by atoms with E-state index in [0.717, 1.165) is 36.3 Å². The molecule has 2 nitrogen and oxygen atoms in total. The van der Waals surface area contributed by atoms with E-state index in [2.05, 4.69) is 5.32 Å². The number of fused-ring (bicyclic) bond motifs is 1. The van der Waals surface area contributed by atoms with Crippen molar-refractivity contribution in [1.29, 1.82) is 0 Å². The second kappa shape index (κ2) is 4.46. The summed E-state index contributed by atoms with van der Waals surface area (Å²) in [6.07, 6.45) is 0.869. The average Bonchev–Trinajstić information content (AvgIpc) is 2.88. The van der Waals surface area contributed by atoms with E-state index in [4.69, 9.17) is 0 Å². The van der Waals surface area contributed by atoms with Gasteiger partial charge in [-0.3, -0.25) is 4.79 Å². The number of hydrogen-bond donors (Lipinski definition) is 1. The van der Waals surface area contributed by atoms with Gasteiger partial charge in [0.15, 0.2) is 17.4 Å². The molecular formula is C15H11F2NO. The van der Waals surface area contributed by atoms with E-state index < -0.39 is 11.6 Å². The number of ketones is 1.